The van der Waals surface area contributed by atoms with Crippen molar-refractivity contribution in [1.82, 2.24) is 10.3 Å². The molecule has 2 aromatic rings. The van der Waals surface area contributed by atoms with Gasteiger partial charge in [-0.2, -0.15) is 0 Å². The summed E-state index contributed by atoms with van der Waals surface area (Å²) in [7, 11) is 0. The third-order valence-corrected chi connectivity index (χ3v) is 4.18. The second kappa shape index (κ2) is 6.30. The summed E-state index contributed by atoms with van der Waals surface area (Å²) < 4.78 is 5.14. The van der Waals surface area contributed by atoms with Crippen LogP contribution in [-0.4, -0.2) is 29.0 Å². The minimum Gasteiger partial charge on any atom is -0.452 e. The number of H-pyrrole nitrogens is 1. The number of fused-ring (bicyclic) bond motifs is 3. The van der Waals surface area contributed by atoms with Crippen LogP contribution in [-0.2, 0) is 22.4 Å². The molecule has 0 fully saturated rings. The van der Waals surface area contributed by atoms with Crippen molar-refractivity contribution in [2.24, 2.45) is 0 Å². The zero-order valence-electron chi connectivity index (χ0n) is 14.5. The number of rotatable bonds is 3. The van der Waals surface area contributed by atoms with Crippen LogP contribution in [0.5, 0.6) is 0 Å². The number of benzene rings is 1. The first-order chi connectivity index (χ1) is 11.3. The lowest BCUT2D eigenvalue weighted by Crippen LogP contribution is -2.42. The Morgan fingerprint density at radius 2 is 1.96 bits per heavy atom. The number of hydrogen-bond donors (Lipinski definition) is 2. The molecule has 128 valence electrons. The summed E-state index contributed by atoms with van der Waals surface area (Å²) in [6.45, 7) is 5.39. The molecule has 0 unspecified atom stereocenters. The monoisotopic (exact) mass is 328 g/mol. The Labute approximate surface area is 141 Å². The van der Waals surface area contributed by atoms with Gasteiger partial charge in [0.1, 0.15) is 0 Å². The number of carbonyl (C=O) groups excluding carboxylic acids is 2. The average molecular weight is 328 g/mol. The van der Waals surface area contributed by atoms with E-state index in [0.29, 0.717) is 5.56 Å². The molecule has 0 atom stereocenters. The highest BCUT2D eigenvalue weighted by Gasteiger charge is 2.19. The van der Waals surface area contributed by atoms with Crippen LogP contribution in [0.4, 0.5) is 0 Å². The fourth-order valence-corrected chi connectivity index (χ4v) is 3.20. The summed E-state index contributed by atoms with van der Waals surface area (Å²) in [6.07, 6.45) is 4.50. The number of carbonyl (C=O) groups is 2. The lowest BCUT2D eigenvalue weighted by Gasteiger charge is -2.20. The Bertz CT molecular complexity index is 784. The van der Waals surface area contributed by atoms with Crippen LogP contribution < -0.4 is 5.32 Å². The molecule has 0 bridgehead atoms. The van der Waals surface area contributed by atoms with Gasteiger partial charge in [-0.3, -0.25) is 4.79 Å². The number of aromatic amines is 1. The quantitative estimate of drug-likeness (QED) is 0.851. The standard InChI is InChI=1S/C19H24N2O3/c1-19(2,3)21-17(22)11-24-18(23)12-8-9-16-14(10-12)13-6-4-5-7-15(13)20-16/h8-10,20H,4-7,11H2,1-3H3,(H,21,22). The Hall–Kier alpha value is -2.30. The van der Waals surface area contributed by atoms with Crippen molar-refractivity contribution < 1.29 is 14.3 Å². The highest BCUT2D eigenvalue weighted by molar-refractivity contribution is 5.97. The van der Waals surface area contributed by atoms with E-state index >= 15 is 0 Å². The lowest BCUT2D eigenvalue weighted by molar-refractivity contribution is -0.125. The molecule has 1 amide bonds. The Kier molecular flexibility index (Phi) is 4.35. The molecule has 5 heteroatoms. The molecule has 1 aromatic carbocycles. The molecule has 1 aliphatic carbocycles. The van der Waals surface area contributed by atoms with Crippen LogP contribution >= 0.6 is 0 Å². The Morgan fingerprint density at radius 3 is 2.71 bits per heavy atom. The first kappa shape index (κ1) is 16.6. The molecule has 0 aliphatic heterocycles. The van der Waals surface area contributed by atoms with E-state index in [1.54, 1.807) is 6.07 Å². The van der Waals surface area contributed by atoms with E-state index in [1.807, 2.05) is 32.9 Å². The SMILES string of the molecule is CC(C)(C)NC(=O)COC(=O)c1ccc2[nH]c3c(c2c1)CCCC3. The second-order valence-corrected chi connectivity index (χ2v) is 7.42. The van der Waals surface area contributed by atoms with Gasteiger partial charge in [-0.05, 0) is 70.2 Å². The molecule has 1 heterocycles. The van der Waals surface area contributed by atoms with Gasteiger partial charge >= 0.3 is 5.97 Å². The van der Waals surface area contributed by atoms with E-state index in [1.165, 1.54) is 24.1 Å². The van der Waals surface area contributed by atoms with Crippen molar-refractivity contribution in [3.8, 4) is 0 Å². The minimum absolute atomic E-state index is 0.264. The van der Waals surface area contributed by atoms with E-state index in [2.05, 4.69) is 10.3 Å². The van der Waals surface area contributed by atoms with E-state index in [4.69, 9.17) is 4.74 Å². The van der Waals surface area contributed by atoms with Gasteiger partial charge in [-0.15, -0.1) is 0 Å². The van der Waals surface area contributed by atoms with Gasteiger partial charge in [0.05, 0.1) is 5.56 Å². The molecule has 0 saturated carbocycles. The van der Waals surface area contributed by atoms with Crippen LogP contribution in [0.2, 0.25) is 0 Å². The van der Waals surface area contributed by atoms with Crippen LogP contribution in [0.1, 0.15) is 55.2 Å². The number of ether oxygens (including phenoxy) is 1. The maximum Gasteiger partial charge on any atom is 0.338 e. The fraction of sp³-hybridized carbons (Fsp3) is 0.474. The molecule has 0 radical (unpaired) electrons. The maximum absolute atomic E-state index is 12.2. The number of aryl methyl sites for hydroxylation is 2. The van der Waals surface area contributed by atoms with Crippen LogP contribution in [0.25, 0.3) is 10.9 Å². The predicted molar refractivity (Wildman–Crippen MR) is 93.1 cm³/mol. The summed E-state index contributed by atoms with van der Waals surface area (Å²) in [5.41, 5.74) is 3.80. The molecule has 1 aromatic heterocycles. The van der Waals surface area contributed by atoms with Gasteiger partial charge in [0.15, 0.2) is 6.61 Å². The van der Waals surface area contributed by atoms with Crippen molar-refractivity contribution in [3.63, 3.8) is 0 Å². The van der Waals surface area contributed by atoms with Gasteiger partial charge in [-0.1, -0.05) is 0 Å². The molecule has 24 heavy (non-hydrogen) atoms. The average Bonchev–Trinajstić information content (AvgIpc) is 2.88. The minimum atomic E-state index is -0.466. The summed E-state index contributed by atoms with van der Waals surface area (Å²) in [5, 5.41) is 3.87. The third-order valence-electron chi connectivity index (χ3n) is 4.18. The highest BCUT2D eigenvalue weighted by Crippen LogP contribution is 2.29. The van der Waals surface area contributed by atoms with E-state index in [0.717, 1.165) is 23.7 Å². The number of hydrogen-bond acceptors (Lipinski definition) is 3. The first-order valence-electron chi connectivity index (χ1n) is 8.45. The predicted octanol–water partition coefficient (Wildman–Crippen LogP) is 3.12. The van der Waals surface area contributed by atoms with Crippen molar-refractivity contribution in [2.75, 3.05) is 6.61 Å². The molecule has 2 N–H and O–H groups in total. The van der Waals surface area contributed by atoms with Gasteiger partial charge in [0.25, 0.3) is 5.91 Å². The number of aromatic nitrogens is 1. The normalized spacial score (nSPS) is 14.3. The largest absolute Gasteiger partial charge is 0.452 e. The van der Waals surface area contributed by atoms with Crippen molar-refractivity contribution in [1.29, 1.82) is 0 Å². The van der Waals surface area contributed by atoms with Gasteiger partial charge in [-0.25, -0.2) is 4.79 Å². The molecule has 0 spiro atoms. The molecule has 0 saturated heterocycles. The zero-order valence-corrected chi connectivity index (χ0v) is 14.5. The zero-order chi connectivity index (χ0) is 17.3. The summed E-state index contributed by atoms with van der Waals surface area (Å²) in [6, 6.07) is 5.54. The van der Waals surface area contributed by atoms with Crippen LogP contribution in [0.15, 0.2) is 18.2 Å². The third kappa shape index (κ3) is 3.61. The van der Waals surface area contributed by atoms with Gasteiger partial charge in [0.2, 0.25) is 0 Å². The number of amides is 1. The van der Waals surface area contributed by atoms with E-state index in [9.17, 15) is 9.59 Å². The summed E-state index contributed by atoms with van der Waals surface area (Å²) in [4.78, 5) is 27.4. The van der Waals surface area contributed by atoms with Gasteiger partial charge < -0.3 is 15.0 Å². The Morgan fingerprint density at radius 1 is 1.21 bits per heavy atom. The summed E-state index contributed by atoms with van der Waals surface area (Å²) >= 11 is 0. The molecule has 3 rings (SSSR count). The van der Waals surface area contributed by atoms with Gasteiger partial charge in [0, 0.05) is 22.1 Å². The summed E-state index contributed by atoms with van der Waals surface area (Å²) in [5.74, 6) is -0.761. The number of esters is 1. The van der Waals surface area contributed by atoms with Crippen LogP contribution in [0, 0.1) is 0 Å². The maximum atomic E-state index is 12.2. The van der Waals surface area contributed by atoms with Crippen molar-refractivity contribution >= 4 is 22.8 Å². The van der Waals surface area contributed by atoms with E-state index < -0.39 is 5.97 Å². The highest BCUT2D eigenvalue weighted by atomic mass is 16.5. The molecular formula is C19H24N2O3. The Balaban J connectivity index is 1.72. The number of nitrogens with one attached hydrogen (secondary N) is 2. The molecule has 1 aliphatic rings. The lowest BCUT2D eigenvalue weighted by atomic mass is 9.95. The van der Waals surface area contributed by atoms with Crippen molar-refractivity contribution in [2.45, 2.75) is 52.0 Å². The second-order valence-electron chi connectivity index (χ2n) is 7.42. The van der Waals surface area contributed by atoms with E-state index in [-0.39, 0.29) is 18.1 Å². The molecule has 5 nitrogen and oxygen atoms in total. The fourth-order valence-electron chi connectivity index (χ4n) is 3.20. The molecular weight excluding hydrogens is 304 g/mol. The van der Waals surface area contributed by atoms with Crippen LogP contribution in [0.3, 0.4) is 0 Å². The first-order valence-corrected chi connectivity index (χ1v) is 8.45. The smallest absolute Gasteiger partial charge is 0.338 e. The van der Waals surface area contributed by atoms with Crippen molar-refractivity contribution in [3.05, 3.63) is 35.0 Å². The topological polar surface area (TPSA) is 71.2 Å².